The summed E-state index contributed by atoms with van der Waals surface area (Å²) in [6.07, 6.45) is -0.894. The number of aliphatic hydroxyl groups is 2. The molecule has 0 radical (unpaired) electrons. The zero-order valence-corrected chi connectivity index (χ0v) is 59.8. The highest BCUT2D eigenvalue weighted by Crippen LogP contribution is 2.48. The third kappa shape index (κ3) is 13.8. The molecule has 98 heavy (non-hydrogen) atoms. The fraction of sp³-hybridized carbons (Fsp3) is 0.378. The first kappa shape index (κ1) is 70.6. The first-order valence-electron chi connectivity index (χ1n) is 32.6. The maximum atomic E-state index is 12.5. The molecular weight excluding hydrogens is 1280 g/mol. The van der Waals surface area contributed by atoms with Gasteiger partial charge in [0.05, 0.1) is 77.7 Å². The van der Waals surface area contributed by atoms with Crippen molar-refractivity contribution in [3.63, 3.8) is 0 Å². The summed E-state index contributed by atoms with van der Waals surface area (Å²) in [5.74, 6) is 2.86. The Labute approximate surface area is 572 Å². The van der Waals surface area contributed by atoms with Gasteiger partial charge in [0, 0.05) is 0 Å². The molecule has 0 bridgehead atoms. The van der Waals surface area contributed by atoms with Gasteiger partial charge in [0.15, 0.2) is 40.1 Å². The van der Waals surface area contributed by atoms with Crippen LogP contribution in [0.2, 0.25) is 36.3 Å². The fourth-order valence-electron chi connectivity index (χ4n) is 12.2. The van der Waals surface area contributed by atoms with Crippen molar-refractivity contribution >= 4 is 38.7 Å². The first-order chi connectivity index (χ1) is 46.8. The summed E-state index contributed by atoms with van der Waals surface area (Å²) in [6.45, 7) is 21.5. The van der Waals surface area contributed by atoms with Gasteiger partial charge in [-0.3, -0.25) is 18.7 Å². The molecule has 516 valence electrons. The van der Waals surface area contributed by atoms with Crippen LogP contribution in [-0.4, -0.2) is 145 Å². The largest absolute Gasteiger partial charge is 0.497 e. The van der Waals surface area contributed by atoms with Crippen molar-refractivity contribution in [3.8, 4) is 23.0 Å². The van der Waals surface area contributed by atoms with Crippen LogP contribution in [-0.2, 0) is 39.0 Å². The minimum absolute atomic E-state index is 0.00650. The van der Waals surface area contributed by atoms with Gasteiger partial charge in [-0.1, -0.05) is 151 Å². The van der Waals surface area contributed by atoms with E-state index in [0.29, 0.717) is 34.0 Å². The van der Waals surface area contributed by atoms with Gasteiger partial charge >= 0.3 is 0 Å². The molecule has 0 unspecified atom stereocenters. The molecule has 4 aromatic heterocycles. The Balaban J connectivity index is 0.000000198. The number of aromatic nitrogens is 8. The monoisotopic (exact) mass is 1370 g/mol. The van der Waals surface area contributed by atoms with Gasteiger partial charge in [0.25, 0.3) is 11.1 Å². The van der Waals surface area contributed by atoms with Crippen LogP contribution in [0.15, 0.2) is 192 Å². The van der Waals surface area contributed by atoms with E-state index in [2.05, 4.69) is 98.1 Å². The maximum Gasteiger partial charge on any atom is 0.292 e. The van der Waals surface area contributed by atoms with Gasteiger partial charge in [0.1, 0.15) is 70.8 Å². The third-order valence-electron chi connectivity index (χ3n) is 19.7. The average Bonchev–Trinajstić information content (AvgIpc) is 1.69. The van der Waals surface area contributed by atoms with Crippen molar-refractivity contribution in [1.82, 2.24) is 39.5 Å². The van der Waals surface area contributed by atoms with Gasteiger partial charge in [-0.2, -0.15) is 10.2 Å². The van der Waals surface area contributed by atoms with Crippen molar-refractivity contribution in [2.45, 2.75) is 138 Å². The molecule has 2 aliphatic rings. The second-order valence-corrected chi connectivity index (χ2v) is 37.1. The maximum absolute atomic E-state index is 12.5. The smallest absolute Gasteiger partial charge is 0.292 e. The summed E-state index contributed by atoms with van der Waals surface area (Å²) >= 11 is 0. The lowest BCUT2D eigenvalue weighted by Gasteiger charge is -2.41. The second-order valence-electron chi connectivity index (χ2n) is 27.6. The van der Waals surface area contributed by atoms with Gasteiger partial charge in [-0.05, 0) is 118 Å². The molecule has 0 amide bonds. The van der Waals surface area contributed by atoms with E-state index >= 15 is 0 Å². The molecule has 6 heterocycles. The third-order valence-corrected chi connectivity index (χ3v) is 28.7. The van der Waals surface area contributed by atoms with Crippen LogP contribution >= 0.6 is 0 Å². The number of aliphatic hydroxyl groups excluding tert-OH is 2. The number of hydrogen-bond donors (Lipinski definition) is 4. The van der Waals surface area contributed by atoms with Gasteiger partial charge < -0.3 is 57.0 Å². The van der Waals surface area contributed by atoms with E-state index in [4.69, 9.17) is 46.7 Å². The van der Waals surface area contributed by atoms with Crippen LogP contribution in [0.5, 0.6) is 23.0 Å². The van der Waals surface area contributed by atoms with Crippen LogP contribution in [0.25, 0.3) is 22.1 Å². The van der Waals surface area contributed by atoms with Crippen LogP contribution in [0, 0.1) is 0 Å². The summed E-state index contributed by atoms with van der Waals surface area (Å²) in [6, 6.07) is 51.1. The highest BCUT2D eigenvalue weighted by Gasteiger charge is 2.54. The number of fused-ring (bicyclic) bond motifs is 2. The minimum Gasteiger partial charge on any atom is -0.497 e. The molecule has 2 saturated heterocycles. The normalized spacial score (nSPS) is 20.1. The average molecular weight is 1370 g/mol. The number of nitrogens with zero attached hydrogens (tertiary/aromatic N) is 6. The number of H-pyrrole nitrogens is 2. The standard InChI is InChI=1S/2C37H44N4O7Si/c1-36(2,3)49(6,7)48-33-30(47-35(32(33)42)41-23-38-31-29(41)21-39-40-34(31)43)22-46-37(24-11-9-8-10-12-24,25-13-17-27(44-4)18-14-25)26-15-19-28(45-5)20-16-26;1-36(2,3)49(6,7)48-33-32(42)30(47-35(33)41-23-38-31-29(41)21-39-40-34(31)43)22-46-37(24-11-9-8-10-12-24,25-13-17-27(44-4)18-14-25)26-15-19-28(45-5)20-16-26/h2*8-21,23,30,32-33,35,42H,22H2,1-7H3,(H,40,43)/t2*30-,32-,33-,35-/m11/s1. The molecule has 12 rings (SSSR count). The molecule has 4 N–H and O–H groups in total. The Kier molecular flexibility index (Phi) is 20.7. The lowest BCUT2D eigenvalue weighted by molar-refractivity contribution is -0.0939. The summed E-state index contributed by atoms with van der Waals surface area (Å²) in [5.41, 5.74) is 3.51. The lowest BCUT2D eigenvalue weighted by atomic mass is 9.80. The van der Waals surface area contributed by atoms with E-state index in [1.165, 1.54) is 25.0 Å². The summed E-state index contributed by atoms with van der Waals surface area (Å²) in [5, 5.41) is 36.6. The molecule has 0 spiro atoms. The number of hydrogen-bond acceptors (Lipinski definition) is 18. The van der Waals surface area contributed by atoms with E-state index in [1.807, 2.05) is 158 Å². The van der Waals surface area contributed by atoms with E-state index < -0.39 is 88.0 Å². The summed E-state index contributed by atoms with van der Waals surface area (Å²) in [7, 11) is 1.67. The Hall–Kier alpha value is -8.67. The van der Waals surface area contributed by atoms with E-state index in [-0.39, 0.29) is 34.3 Å². The predicted octanol–water partition coefficient (Wildman–Crippen LogP) is 11.6. The van der Waals surface area contributed by atoms with E-state index in [0.717, 1.165) is 33.4 Å². The van der Waals surface area contributed by atoms with Crippen molar-refractivity contribution in [2.75, 3.05) is 41.7 Å². The quantitative estimate of drug-likeness (QED) is 0.0363. The number of aromatic amines is 2. The van der Waals surface area contributed by atoms with Gasteiger partial charge in [-0.25, -0.2) is 20.2 Å². The number of rotatable bonds is 22. The number of benzene rings is 6. The molecule has 2 fully saturated rings. The lowest BCUT2D eigenvalue weighted by Crippen LogP contribution is -2.50. The van der Waals surface area contributed by atoms with Crippen LogP contribution in [0.3, 0.4) is 0 Å². The zero-order chi connectivity index (χ0) is 70.0. The fourth-order valence-corrected chi connectivity index (χ4v) is 14.8. The van der Waals surface area contributed by atoms with Crippen LogP contribution in [0.1, 0.15) is 87.4 Å². The highest BCUT2D eigenvalue weighted by atomic mass is 28.4. The molecule has 10 aromatic rings. The van der Waals surface area contributed by atoms with Crippen molar-refractivity contribution < 1.29 is 57.0 Å². The molecule has 6 aromatic carbocycles. The first-order valence-corrected chi connectivity index (χ1v) is 38.4. The Morgan fingerprint density at radius 1 is 0.449 bits per heavy atom. The Morgan fingerprint density at radius 3 is 1.13 bits per heavy atom. The van der Waals surface area contributed by atoms with Crippen molar-refractivity contribution in [1.29, 1.82) is 0 Å². The molecule has 8 atom stereocenters. The van der Waals surface area contributed by atoms with Crippen molar-refractivity contribution in [3.05, 3.63) is 237 Å². The Morgan fingerprint density at radius 2 is 0.776 bits per heavy atom. The SMILES string of the molecule is COc1ccc(C(OC[C@H]2O[C@@H](n3cnc4c(=O)[nH]ncc43)[C@H](O)[C@@H]2O[Si](C)(C)C(C)(C)C)(c2ccccc2)c2ccc(OC)cc2)cc1.COc1ccc(C(OC[C@H]2O[C@@H](n3cnc4c(=O)[nH]ncc43)[C@H](O[Si](C)(C)C(C)(C)C)[C@@H]2O)(c2ccccc2)c2ccc(OC)cc2)cc1. The number of methoxy groups -OCH3 is 4. The zero-order valence-electron chi connectivity index (χ0n) is 57.8. The van der Waals surface area contributed by atoms with Crippen LogP contribution < -0.4 is 30.1 Å². The molecule has 0 saturated carbocycles. The van der Waals surface area contributed by atoms with E-state index in [1.54, 1.807) is 37.6 Å². The molecule has 24 heteroatoms. The highest BCUT2D eigenvalue weighted by molar-refractivity contribution is 6.74. The summed E-state index contributed by atoms with van der Waals surface area (Å²) in [4.78, 5) is 33.6. The van der Waals surface area contributed by atoms with Crippen molar-refractivity contribution in [2.24, 2.45) is 0 Å². The Bertz CT molecular complexity index is 4310. The van der Waals surface area contributed by atoms with Gasteiger partial charge in [0.2, 0.25) is 0 Å². The molecule has 0 aliphatic carbocycles. The molecule has 2 aliphatic heterocycles. The molecule has 22 nitrogen and oxygen atoms in total. The predicted molar refractivity (Wildman–Crippen MR) is 377 cm³/mol. The topological polar surface area (TPSA) is 260 Å². The number of ether oxygens (including phenoxy) is 8. The second kappa shape index (κ2) is 28.7. The molecular formula is C74H88N8O14Si2. The van der Waals surface area contributed by atoms with E-state index in [9.17, 15) is 19.8 Å². The number of nitrogens with one attached hydrogen (secondary N) is 2. The minimum atomic E-state index is -2.43. The van der Waals surface area contributed by atoms with Gasteiger partial charge in [-0.15, -0.1) is 0 Å². The summed E-state index contributed by atoms with van der Waals surface area (Å²) < 4.78 is 66.8. The van der Waals surface area contributed by atoms with Crippen LogP contribution in [0.4, 0.5) is 0 Å². The number of imidazole rings is 2.